The molecule has 0 aromatic carbocycles. The van der Waals surface area contributed by atoms with Crippen LogP contribution in [0.4, 0.5) is 0 Å². The number of rotatable bonds is 5. The summed E-state index contributed by atoms with van der Waals surface area (Å²) in [5.74, 6) is -0.651. The van der Waals surface area contributed by atoms with E-state index in [9.17, 15) is 4.79 Å². The molecule has 0 aliphatic rings. The Morgan fingerprint density at radius 1 is 1.67 bits per heavy atom. The maximum Gasteiger partial charge on any atom is 0.339 e. The minimum Gasteiger partial charge on any atom is -0.488 e. The molecule has 1 atom stereocenters. The van der Waals surface area contributed by atoms with Crippen LogP contribution in [0.15, 0.2) is 18.5 Å². The highest BCUT2D eigenvalue weighted by atomic mass is 16.5. The van der Waals surface area contributed by atoms with Crippen molar-refractivity contribution in [1.82, 2.24) is 4.98 Å². The topological polar surface area (TPSA) is 59.4 Å². The van der Waals surface area contributed by atoms with Gasteiger partial charge in [-0.15, -0.1) is 0 Å². The van der Waals surface area contributed by atoms with Crippen molar-refractivity contribution in [3.05, 3.63) is 24.0 Å². The third kappa shape index (κ3) is 3.23. The highest BCUT2D eigenvalue weighted by Gasteiger charge is 2.12. The molecule has 0 amide bonds. The molecule has 0 saturated carbocycles. The number of carboxylic acid groups (broad SMARTS) is 1. The van der Waals surface area contributed by atoms with Crippen molar-refractivity contribution in [2.45, 2.75) is 32.8 Å². The zero-order valence-corrected chi connectivity index (χ0v) is 8.93. The van der Waals surface area contributed by atoms with Crippen LogP contribution < -0.4 is 4.74 Å². The predicted octanol–water partition coefficient (Wildman–Crippen LogP) is 2.35. The average Bonchev–Trinajstić information content (AvgIpc) is 2.18. The van der Waals surface area contributed by atoms with Crippen LogP contribution in [0.5, 0.6) is 5.75 Å². The van der Waals surface area contributed by atoms with E-state index in [2.05, 4.69) is 11.9 Å². The highest BCUT2D eigenvalue weighted by Crippen LogP contribution is 2.18. The summed E-state index contributed by atoms with van der Waals surface area (Å²) in [6.07, 6.45) is 4.80. The number of aromatic nitrogens is 1. The van der Waals surface area contributed by atoms with Gasteiger partial charge in [-0.3, -0.25) is 4.98 Å². The lowest BCUT2D eigenvalue weighted by molar-refractivity contribution is 0.0689. The van der Waals surface area contributed by atoms with Gasteiger partial charge in [0.2, 0.25) is 0 Å². The molecule has 0 aliphatic carbocycles. The van der Waals surface area contributed by atoms with Crippen molar-refractivity contribution < 1.29 is 14.6 Å². The fourth-order valence-corrected chi connectivity index (χ4v) is 1.33. The third-order valence-electron chi connectivity index (χ3n) is 2.04. The first-order valence-corrected chi connectivity index (χ1v) is 4.99. The maximum atomic E-state index is 10.9. The van der Waals surface area contributed by atoms with E-state index in [4.69, 9.17) is 9.84 Å². The lowest BCUT2D eigenvalue weighted by Crippen LogP contribution is -2.13. The summed E-state index contributed by atoms with van der Waals surface area (Å²) >= 11 is 0. The van der Waals surface area contributed by atoms with Gasteiger partial charge < -0.3 is 9.84 Å². The summed E-state index contributed by atoms with van der Waals surface area (Å²) in [7, 11) is 0. The SMILES string of the molecule is CCCC(C)Oc1cnccc1C(=O)O. The molecule has 82 valence electrons. The molecule has 1 unspecified atom stereocenters. The van der Waals surface area contributed by atoms with E-state index in [1.165, 1.54) is 18.5 Å². The minimum absolute atomic E-state index is 0.0114. The maximum absolute atomic E-state index is 10.9. The van der Waals surface area contributed by atoms with Crippen molar-refractivity contribution in [2.24, 2.45) is 0 Å². The van der Waals surface area contributed by atoms with Crippen molar-refractivity contribution >= 4 is 5.97 Å². The van der Waals surface area contributed by atoms with Crippen LogP contribution >= 0.6 is 0 Å². The van der Waals surface area contributed by atoms with Gasteiger partial charge in [-0.1, -0.05) is 13.3 Å². The van der Waals surface area contributed by atoms with Crippen molar-refractivity contribution in [3.8, 4) is 5.75 Å². The number of pyridine rings is 1. The van der Waals surface area contributed by atoms with Crippen LogP contribution in [0.1, 0.15) is 37.0 Å². The van der Waals surface area contributed by atoms with E-state index in [1.54, 1.807) is 0 Å². The molecule has 1 rings (SSSR count). The van der Waals surface area contributed by atoms with Crippen molar-refractivity contribution in [1.29, 1.82) is 0 Å². The summed E-state index contributed by atoms with van der Waals surface area (Å²) in [6.45, 7) is 3.98. The normalized spacial score (nSPS) is 12.1. The Balaban J connectivity index is 2.79. The zero-order valence-electron chi connectivity index (χ0n) is 8.93. The molecule has 0 fully saturated rings. The molecule has 0 bridgehead atoms. The van der Waals surface area contributed by atoms with Crippen LogP contribution in [0.25, 0.3) is 0 Å². The number of hydrogen-bond acceptors (Lipinski definition) is 3. The fourth-order valence-electron chi connectivity index (χ4n) is 1.33. The summed E-state index contributed by atoms with van der Waals surface area (Å²) in [5, 5.41) is 8.90. The number of hydrogen-bond donors (Lipinski definition) is 1. The molecule has 1 aromatic heterocycles. The second kappa shape index (κ2) is 5.34. The molecule has 4 nitrogen and oxygen atoms in total. The Hall–Kier alpha value is -1.58. The Morgan fingerprint density at radius 2 is 2.40 bits per heavy atom. The number of ether oxygens (including phenoxy) is 1. The van der Waals surface area contributed by atoms with Gasteiger partial charge in [0, 0.05) is 6.20 Å². The summed E-state index contributed by atoms with van der Waals surface area (Å²) < 4.78 is 5.50. The molecular weight excluding hydrogens is 194 g/mol. The summed E-state index contributed by atoms with van der Waals surface area (Å²) in [5.41, 5.74) is 0.160. The summed E-state index contributed by atoms with van der Waals surface area (Å²) in [4.78, 5) is 14.7. The van der Waals surface area contributed by atoms with Gasteiger partial charge in [0.05, 0.1) is 12.3 Å². The van der Waals surface area contributed by atoms with Crippen LogP contribution in [0.3, 0.4) is 0 Å². The van der Waals surface area contributed by atoms with Gasteiger partial charge in [-0.25, -0.2) is 4.79 Å². The largest absolute Gasteiger partial charge is 0.488 e. The first kappa shape index (κ1) is 11.5. The van der Waals surface area contributed by atoms with E-state index >= 15 is 0 Å². The van der Waals surface area contributed by atoms with E-state index < -0.39 is 5.97 Å². The predicted molar refractivity (Wildman–Crippen MR) is 56.2 cm³/mol. The van der Waals surface area contributed by atoms with E-state index in [-0.39, 0.29) is 11.7 Å². The summed E-state index contributed by atoms with van der Waals surface area (Å²) in [6, 6.07) is 1.44. The molecule has 1 N–H and O–H groups in total. The van der Waals surface area contributed by atoms with E-state index in [1.807, 2.05) is 6.92 Å². The van der Waals surface area contributed by atoms with E-state index in [0.717, 1.165) is 12.8 Å². The van der Waals surface area contributed by atoms with Crippen LogP contribution in [-0.2, 0) is 0 Å². The molecule has 1 aromatic rings. The van der Waals surface area contributed by atoms with Crippen molar-refractivity contribution in [3.63, 3.8) is 0 Å². The number of nitrogens with zero attached hydrogens (tertiary/aromatic N) is 1. The Labute approximate surface area is 88.9 Å². The molecule has 0 radical (unpaired) electrons. The monoisotopic (exact) mass is 209 g/mol. The standard InChI is InChI=1S/C11H15NO3/c1-3-4-8(2)15-10-7-12-6-5-9(10)11(13)14/h5-8H,3-4H2,1-2H3,(H,13,14). The molecule has 1 heterocycles. The lowest BCUT2D eigenvalue weighted by atomic mass is 10.2. The van der Waals surface area contributed by atoms with E-state index in [0.29, 0.717) is 5.75 Å². The quantitative estimate of drug-likeness (QED) is 0.808. The number of aromatic carboxylic acids is 1. The smallest absolute Gasteiger partial charge is 0.339 e. The van der Waals surface area contributed by atoms with Gasteiger partial charge in [0.1, 0.15) is 5.56 Å². The van der Waals surface area contributed by atoms with Crippen molar-refractivity contribution in [2.75, 3.05) is 0 Å². The zero-order chi connectivity index (χ0) is 11.3. The first-order valence-electron chi connectivity index (χ1n) is 4.99. The third-order valence-corrected chi connectivity index (χ3v) is 2.04. The van der Waals surface area contributed by atoms with Gasteiger partial charge in [-0.05, 0) is 19.4 Å². The molecule has 0 aliphatic heterocycles. The second-order valence-electron chi connectivity index (χ2n) is 3.39. The lowest BCUT2D eigenvalue weighted by Gasteiger charge is -2.14. The second-order valence-corrected chi connectivity index (χ2v) is 3.39. The molecular formula is C11H15NO3. The Morgan fingerprint density at radius 3 is 3.00 bits per heavy atom. The highest BCUT2D eigenvalue weighted by molar-refractivity contribution is 5.90. The van der Waals surface area contributed by atoms with Crippen LogP contribution in [0, 0.1) is 0 Å². The Bertz CT molecular complexity index is 338. The van der Waals surface area contributed by atoms with Crippen LogP contribution in [0.2, 0.25) is 0 Å². The molecule has 15 heavy (non-hydrogen) atoms. The molecule has 0 spiro atoms. The average molecular weight is 209 g/mol. The first-order chi connectivity index (χ1) is 7.15. The molecule has 0 saturated heterocycles. The Kier molecular flexibility index (Phi) is 4.09. The number of carboxylic acids is 1. The molecule has 4 heteroatoms. The van der Waals surface area contributed by atoms with Gasteiger partial charge in [-0.2, -0.15) is 0 Å². The minimum atomic E-state index is -0.990. The van der Waals surface area contributed by atoms with Crippen LogP contribution in [-0.4, -0.2) is 22.2 Å². The van der Waals surface area contributed by atoms with Gasteiger partial charge in [0.25, 0.3) is 0 Å². The van der Waals surface area contributed by atoms with Gasteiger partial charge in [0.15, 0.2) is 5.75 Å². The fraction of sp³-hybridized carbons (Fsp3) is 0.455. The van der Waals surface area contributed by atoms with Gasteiger partial charge >= 0.3 is 5.97 Å². The number of carbonyl (C=O) groups is 1.